The Hall–Kier alpha value is -4.21. The lowest BCUT2D eigenvalue weighted by molar-refractivity contribution is -0.139. The molecule has 0 fully saturated rings. The van der Waals surface area contributed by atoms with Crippen LogP contribution in [0.1, 0.15) is 41.6 Å². The number of aromatic nitrogens is 1. The molecule has 1 atom stereocenters. The molecule has 0 radical (unpaired) electrons. The second kappa shape index (κ2) is 10.3. The number of ether oxygens (including phenoxy) is 1. The van der Waals surface area contributed by atoms with Crippen molar-refractivity contribution in [2.45, 2.75) is 19.9 Å². The summed E-state index contributed by atoms with van der Waals surface area (Å²) in [7, 11) is 0. The van der Waals surface area contributed by atoms with Crippen LogP contribution in [0.5, 0.6) is 0 Å². The minimum absolute atomic E-state index is 0.142. The van der Waals surface area contributed by atoms with E-state index in [4.69, 9.17) is 20.8 Å². The lowest BCUT2D eigenvalue weighted by Crippen LogP contribution is -2.39. The zero-order valence-corrected chi connectivity index (χ0v) is 21.9. The number of allylic oxidation sites excluding steroid dienone is 1. The second-order valence-electron chi connectivity index (χ2n) is 8.44. The van der Waals surface area contributed by atoms with Gasteiger partial charge in [0.05, 0.1) is 34.0 Å². The third kappa shape index (κ3) is 4.73. The van der Waals surface area contributed by atoms with Crippen LogP contribution in [0.2, 0.25) is 5.02 Å². The molecule has 1 aliphatic heterocycles. The van der Waals surface area contributed by atoms with Gasteiger partial charge in [0.2, 0.25) is 0 Å². The number of rotatable bonds is 6. The maximum Gasteiger partial charge on any atom is 0.338 e. The number of carbonyl (C=O) groups is 2. The van der Waals surface area contributed by atoms with Gasteiger partial charge in [0.15, 0.2) is 4.80 Å². The first kappa shape index (κ1) is 25.4. The molecule has 0 saturated carbocycles. The standard InChI is InChI=1S/C28H21ClN2O6S/c1-3-36-27(35)23-15(2)30-28-31(24(23)16-7-9-19(29)10-8-16)25(32)22(38-28)14-20-11-12-21(37-20)17-5-4-6-18(13-17)26(33)34/h4-14,24H,3H2,1-2H3,(H,33,34)/b22-14-. The van der Waals surface area contributed by atoms with Crippen LogP contribution in [0.25, 0.3) is 17.4 Å². The van der Waals surface area contributed by atoms with Crippen LogP contribution in [0.4, 0.5) is 0 Å². The highest BCUT2D eigenvalue weighted by molar-refractivity contribution is 7.07. The third-order valence-electron chi connectivity index (χ3n) is 6.00. The summed E-state index contributed by atoms with van der Waals surface area (Å²) in [6, 6.07) is 16.0. The Kier molecular flexibility index (Phi) is 6.88. The smallest absolute Gasteiger partial charge is 0.338 e. The summed E-state index contributed by atoms with van der Waals surface area (Å²) in [5, 5.41) is 9.80. The van der Waals surface area contributed by atoms with E-state index in [9.17, 15) is 19.5 Å². The van der Waals surface area contributed by atoms with Crippen LogP contribution in [-0.2, 0) is 9.53 Å². The molecule has 2 aromatic heterocycles. The monoisotopic (exact) mass is 548 g/mol. The molecule has 10 heteroatoms. The van der Waals surface area contributed by atoms with E-state index in [2.05, 4.69) is 4.99 Å². The number of hydrogen-bond donors (Lipinski definition) is 1. The first-order valence-corrected chi connectivity index (χ1v) is 12.8. The molecule has 0 saturated heterocycles. The van der Waals surface area contributed by atoms with Gasteiger partial charge < -0.3 is 14.3 Å². The molecule has 5 rings (SSSR count). The Labute approximate surface area is 225 Å². The molecule has 0 spiro atoms. The predicted molar refractivity (Wildman–Crippen MR) is 143 cm³/mol. The Morgan fingerprint density at radius 2 is 1.95 bits per heavy atom. The van der Waals surface area contributed by atoms with Crippen molar-refractivity contribution in [1.82, 2.24) is 4.57 Å². The van der Waals surface area contributed by atoms with E-state index in [-0.39, 0.29) is 23.3 Å². The molecule has 1 N–H and O–H groups in total. The highest BCUT2D eigenvalue weighted by Crippen LogP contribution is 2.31. The van der Waals surface area contributed by atoms with Crippen LogP contribution in [0, 0.1) is 0 Å². The lowest BCUT2D eigenvalue weighted by atomic mass is 9.96. The van der Waals surface area contributed by atoms with Crippen molar-refractivity contribution < 1.29 is 23.8 Å². The minimum Gasteiger partial charge on any atom is -0.478 e. The van der Waals surface area contributed by atoms with E-state index in [1.165, 1.54) is 28.0 Å². The van der Waals surface area contributed by atoms with Gasteiger partial charge in [0.25, 0.3) is 5.56 Å². The fraction of sp³-hybridized carbons (Fsp3) is 0.143. The predicted octanol–water partition coefficient (Wildman–Crippen LogP) is 4.41. The SMILES string of the molecule is CCOC(=O)C1=C(C)N=c2s/c(=C\c3ccc(-c4cccc(C(=O)O)c4)o3)c(=O)n2C1c1ccc(Cl)cc1. The largest absolute Gasteiger partial charge is 0.478 e. The van der Waals surface area contributed by atoms with E-state index in [1.807, 2.05) is 0 Å². The van der Waals surface area contributed by atoms with Gasteiger partial charge in [-0.1, -0.05) is 47.2 Å². The Bertz CT molecular complexity index is 1780. The fourth-order valence-electron chi connectivity index (χ4n) is 4.27. The molecule has 1 aliphatic rings. The van der Waals surface area contributed by atoms with Gasteiger partial charge in [-0.3, -0.25) is 9.36 Å². The normalized spacial score (nSPS) is 15.2. The number of carboxylic acids is 1. The number of esters is 1. The zero-order valence-electron chi connectivity index (χ0n) is 20.3. The number of nitrogens with zero attached hydrogens (tertiary/aromatic N) is 2. The maximum absolute atomic E-state index is 13.7. The average Bonchev–Trinajstić information content (AvgIpc) is 3.48. The van der Waals surface area contributed by atoms with E-state index >= 15 is 0 Å². The molecule has 0 aliphatic carbocycles. The molecule has 4 aromatic rings. The van der Waals surface area contributed by atoms with Gasteiger partial charge >= 0.3 is 11.9 Å². The Morgan fingerprint density at radius 3 is 2.66 bits per heavy atom. The molecule has 0 bridgehead atoms. The number of furan rings is 1. The summed E-state index contributed by atoms with van der Waals surface area (Å²) >= 11 is 7.27. The average molecular weight is 549 g/mol. The van der Waals surface area contributed by atoms with Crippen molar-refractivity contribution in [2.24, 2.45) is 4.99 Å². The summed E-state index contributed by atoms with van der Waals surface area (Å²) in [4.78, 5) is 42.9. The van der Waals surface area contributed by atoms with E-state index in [0.29, 0.717) is 42.7 Å². The zero-order chi connectivity index (χ0) is 27.0. The van der Waals surface area contributed by atoms with Crippen molar-refractivity contribution in [3.05, 3.63) is 114 Å². The summed E-state index contributed by atoms with van der Waals surface area (Å²) < 4.78 is 13.1. The van der Waals surface area contributed by atoms with E-state index in [0.717, 1.165) is 0 Å². The summed E-state index contributed by atoms with van der Waals surface area (Å²) in [5.41, 5.74) is 1.85. The Balaban J connectivity index is 1.61. The Morgan fingerprint density at radius 1 is 1.18 bits per heavy atom. The van der Waals surface area contributed by atoms with Gasteiger partial charge in [0, 0.05) is 16.7 Å². The molecule has 0 amide bonds. The number of benzene rings is 2. The van der Waals surface area contributed by atoms with Gasteiger partial charge in [-0.25, -0.2) is 14.6 Å². The minimum atomic E-state index is -1.03. The molecule has 3 heterocycles. The van der Waals surface area contributed by atoms with Crippen molar-refractivity contribution in [3.63, 3.8) is 0 Å². The summed E-state index contributed by atoms with van der Waals surface area (Å²) in [5.74, 6) is -0.698. The van der Waals surface area contributed by atoms with Gasteiger partial charge in [-0.2, -0.15) is 0 Å². The van der Waals surface area contributed by atoms with Crippen molar-refractivity contribution in [1.29, 1.82) is 0 Å². The van der Waals surface area contributed by atoms with Gasteiger partial charge in [0.1, 0.15) is 11.5 Å². The fourth-order valence-corrected chi connectivity index (χ4v) is 5.42. The van der Waals surface area contributed by atoms with Crippen LogP contribution in [0.3, 0.4) is 0 Å². The van der Waals surface area contributed by atoms with Crippen molar-refractivity contribution in [3.8, 4) is 11.3 Å². The first-order valence-electron chi connectivity index (χ1n) is 11.7. The van der Waals surface area contributed by atoms with Crippen molar-refractivity contribution >= 4 is 41.0 Å². The molecule has 192 valence electrons. The molecular weight excluding hydrogens is 528 g/mol. The topological polar surface area (TPSA) is 111 Å². The van der Waals surface area contributed by atoms with Gasteiger partial charge in [-0.15, -0.1) is 0 Å². The molecule has 2 aromatic carbocycles. The molecule has 1 unspecified atom stereocenters. The maximum atomic E-state index is 13.7. The summed E-state index contributed by atoms with van der Waals surface area (Å²) in [6.07, 6.45) is 1.61. The number of hydrogen-bond acceptors (Lipinski definition) is 7. The number of carbonyl (C=O) groups excluding carboxylic acids is 1. The van der Waals surface area contributed by atoms with E-state index < -0.39 is 18.0 Å². The van der Waals surface area contributed by atoms with Crippen LogP contribution < -0.4 is 14.9 Å². The van der Waals surface area contributed by atoms with Crippen molar-refractivity contribution in [2.75, 3.05) is 6.61 Å². The van der Waals surface area contributed by atoms with Crippen LogP contribution in [-0.4, -0.2) is 28.2 Å². The highest BCUT2D eigenvalue weighted by Gasteiger charge is 2.33. The first-order chi connectivity index (χ1) is 18.3. The highest BCUT2D eigenvalue weighted by atomic mass is 35.5. The number of carboxylic acid groups (broad SMARTS) is 1. The quantitative estimate of drug-likeness (QED) is 0.357. The lowest BCUT2D eigenvalue weighted by Gasteiger charge is -2.24. The van der Waals surface area contributed by atoms with Crippen LogP contribution >= 0.6 is 22.9 Å². The molecule has 8 nitrogen and oxygen atoms in total. The second-order valence-corrected chi connectivity index (χ2v) is 9.89. The van der Waals surface area contributed by atoms with E-state index in [1.54, 1.807) is 68.5 Å². The van der Waals surface area contributed by atoms with Gasteiger partial charge in [-0.05, 0) is 55.8 Å². The molecular formula is C28H21ClN2O6S. The number of halogens is 1. The number of aromatic carboxylic acids is 1. The summed E-state index contributed by atoms with van der Waals surface area (Å²) in [6.45, 7) is 3.62. The number of thiazole rings is 1. The van der Waals surface area contributed by atoms with Crippen LogP contribution in [0.15, 0.2) is 86.1 Å². The molecule has 38 heavy (non-hydrogen) atoms. The number of fused-ring (bicyclic) bond motifs is 1. The third-order valence-corrected chi connectivity index (χ3v) is 7.23.